The zero-order valence-electron chi connectivity index (χ0n) is 15.7. The highest BCUT2D eigenvalue weighted by Gasteiger charge is 2.07. The molecule has 0 aliphatic rings. The first-order valence-electron chi connectivity index (χ1n) is 9.28. The molecule has 1 amide bonds. The predicted octanol–water partition coefficient (Wildman–Crippen LogP) is 4.18. The third-order valence-corrected chi connectivity index (χ3v) is 4.66. The van der Waals surface area contributed by atoms with Gasteiger partial charge in [-0.1, -0.05) is 36.4 Å². The number of amides is 1. The van der Waals surface area contributed by atoms with Gasteiger partial charge in [-0.3, -0.25) is 4.79 Å². The number of benzene rings is 2. The third kappa shape index (κ3) is 3.94. The molecule has 4 rings (SSSR count). The minimum Gasteiger partial charge on any atom is -0.322 e. The lowest BCUT2D eigenvalue weighted by atomic mass is 10.1. The molecule has 0 atom stereocenters. The summed E-state index contributed by atoms with van der Waals surface area (Å²) in [5, 5.41) is 6.41. The van der Waals surface area contributed by atoms with E-state index in [4.69, 9.17) is 0 Å². The van der Waals surface area contributed by atoms with Crippen LogP contribution in [-0.2, 0) is 13.1 Å². The van der Waals surface area contributed by atoms with Crippen LogP contribution in [0.25, 0.3) is 5.65 Å². The van der Waals surface area contributed by atoms with Crippen molar-refractivity contribution >= 4 is 17.2 Å². The minimum atomic E-state index is -0.105. The Hall–Kier alpha value is -3.44. The van der Waals surface area contributed by atoms with Gasteiger partial charge < -0.3 is 15.0 Å². The van der Waals surface area contributed by atoms with Gasteiger partial charge in [0.25, 0.3) is 5.91 Å². The van der Waals surface area contributed by atoms with Gasteiger partial charge in [-0.15, -0.1) is 0 Å². The number of nitrogens with one attached hydrogen (secondary N) is 2. The van der Waals surface area contributed by atoms with E-state index in [0.717, 1.165) is 28.2 Å². The number of aromatic nitrogens is 2. The lowest BCUT2D eigenvalue weighted by Gasteiger charge is -2.09. The number of anilines is 1. The Morgan fingerprint density at radius 3 is 2.71 bits per heavy atom. The molecule has 5 nitrogen and oxygen atoms in total. The second-order valence-corrected chi connectivity index (χ2v) is 6.76. The Morgan fingerprint density at radius 1 is 1.00 bits per heavy atom. The first-order chi connectivity index (χ1) is 13.7. The maximum Gasteiger partial charge on any atom is 0.255 e. The maximum absolute atomic E-state index is 12.3. The van der Waals surface area contributed by atoms with Gasteiger partial charge in [-0.2, -0.15) is 0 Å². The van der Waals surface area contributed by atoms with E-state index in [0.29, 0.717) is 18.7 Å². The van der Waals surface area contributed by atoms with E-state index < -0.39 is 0 Å². The molecule has 0 unspecified atom stereocenters. The molecule has 4 aromatic rings. The number of pyridine rings is 1. The third-order valence-electron chi connectivity index (χ3n) is 4.66. The van der Waals surface area contributed by atoms with Gasteiger partial charge in [0.15, 0.2) is 0 Å². The molecule has 0 saturated carbocycles. The molecule has 0 spiro atoms. The lowest BCUT2D eigenvalue weighted by molar-refractivity contribution is 0.102. The highest BCUT2D eigenvalue weighted by molar-refractivity contribution is 6.04. The van der Waals surface area contributed by atoms with Crippen LogP contribution in [0.15, 0.2) is 79.1 Å². The van der Waals surface area contributed by atoms with Gasteiger partial charge in [-0.25, -0.2) is 4.98 Å². The Morgan fingerprint density at radius 2 is 1.86 bits per heavy atom. The monoisotopic (exact) mass is 370 g/mol. The normalized spacial score (nSPS) is 10.9. The van der Waals surface area contributed by atoms with Crippen molar-refractivity contribution in [1.29, 1.82) is 0 Å². The van der Waals surface area contributed by atoms with Crippen LogP contribution in [0.2, 0.25) is 0 Å². The van der Waals surface area contributed by atoms with Gasteiger partial charge in [0.2, 0.25) is 0 Å². The summed E-state index contributed by atoms with van der Waals surface area (Å²) in [6.45, 7) is 3.48. The topological polar surface area (TPSA) is 58.4 Å². The minimum absolute atomic E-state index is 0.105. The second-order valence-electron chi connectivity index (χ2n) is 6.76. The van der Waals surface area contributed by atoms with E-state index >= 15 is 0 Å². The van der Waals surface area contributed by atoms with Crippen LogP contribution in [0.4, 0.5) is 5.69 Å². The Bertz CT molecular complexity index is 1100. The van der Waals surface area contributed by atoms with Gasteiger partial charge in [-0.05, 0) is 48.4 Å². The molecule has 28 heavy (non-hydrogen) atoms. The van der Waals surface area contributed by atoms with Gasteiger partial charge in [0.1, 0.15) is 5.65 Å². The smallest absolute Gasteiger partial charge is 0.255 e. The van der Waals surface area contributed by atoms with Gasteiger partial charge in [0, 0.05) is 30.5 Å². The zero-order valence-corrected chi connectivity index (χ0v) is 15.7. The first kappa shape index (κ1) is 17.9. The van der Waals surface area contributed by atoms with Crippen molar-refractivity contribution in [2.75, 3.05) is 5.32 Å². The molecule has 5 heteroatoms. The summed E-state index contributed by atoms with van der Waals surface area (Å²) >= 11 is 0. The second kappa shape index (κ2) is 8.06. The van der Waals surface area contributed by atoms with Gasteiger partial charge >= 0.3 is 0 Å². The van der Waals surface area contributed by atoms with Crippen molar-refractivity contribution in [2.45, 2.75) is 20.0 Å². The number of carbonyl (C=O) groups is 1. The molecule has 140 valence electrons. The summed E-state index contributed by atoms with van der Waals surface area (Å²) in [5.41, 5.74) is 5.82. The summed E-state index contributed by atoms with van der Waals surface area (Å²) in [7, 11) is 0. The van der Waals surface area contributed by atoms with Crippen molar-refractivity contribution < 1.29 is 4.79 Å². The van der Waals surface area contributed by atoms with Crippen LogP contribution in [0.3, 0.4) is 0 Å². The number of aryl methyl sites for hydroxylation is 1. The number of hydrogen-bond donors (Lipinski definition) is 2. The summed E-state index contributed by atoms with van der Waals surface area (Å²) in [6, 6.07) is 21.2. The molecule has 2 heterocycles. The van der Waals surface area contributed by atoms with E-state index in [-0.39, 0.29) is 5.91 Å². The van der Waals surface area contributed by atoms with Crippen LogP contribution in [0.5, 0.6) is 0 Å². The molecule has 0 bridgehead atoms. The number of rotatable bonds is 6. The fourth-order valence-corrected chi connectivity index (χ4v) is 3.22. The summed E-state index contributed by atoms with van der Waals surface area (Å²) < 4.78 is 2.11. The lowest BCUT2D eigenvalue weighted by Crippen LogP contribution is -2.15. The maximum atomic E-state index is 12.3. The standard InChI is InChI=1S/C23H22N4O/c1-17-7-6-12-27-21(16-25-22(17)27)15-24-14-18-8-5-11-20(13-18)26-23(28)19-9-3-2-4-10-19/h2-13,16,24H,14-15H2,1H3,(H,26,28). The number of fused-ring (bicyclic) bond motifs is 1. The highest BCUT2D eigenvalue weighted by Crippen LogP contribution is 2.14. The molecule has 2 aromatic heterocycles. The summed E-state index contributed by atoms with van der Waals surface area (Å²) in [6.07, 6.45) is 3.94. The Kier molecular flexibility index (Phi) is 5.17. The number of hydrogen-bond acceptors (Lipinski definition) is 3. The van der Waals surface area contributed by atoms with Crippen molar-refractivity contribution in [3.8, 4) is 0 Å². The Labute approximate surface area is 164 Å². The van der Waals surface area contributed by atoms with E-state index in [1.165, 1.54) is 0 Å². The van der Waals surface area contributed by atoms with Gasteiger partial charge in [0.05, 0.1) is 11.9 Å². The van der Waals surface area contributed by atoms with E-state index in [1.807, 2.05) is 60.9 Å². The molecular formula is C23H22N4O. The number of nitrogens with zero attached hydrogens (tertiary/aromatic N) is 2. The van der Waals surface area contributed by atoms with E-state index in [9.17, 15) is 4.79 Å². The highest BCUT2D eigenvalue weighted by atomic mass is 16.1. The molecular weight excluding hydrogens is 348 g/mol. The average Bonchev–Trinajstić information content (AvgIpc) is 3.13. The SMILES string of the molecule is Cc1cccn2c(CNCc3cccc(NC(=O)c4ccccc4)c3)cnc12. The van der Waals surface area contributed by atoms with Crippen LogP contribution in [0.1, 0.15) is 27.2 Å². The molecule has 0 aliphatic carbocycles. The van der Waals surface area contributed by atoms with Crippen LogP contribution in [0, 0.1) is 6.92 Å². The fraction of sp³-hybridized carbons (Fsp3) is 0.130. The number of carbonyl (C=O) groups excluding carboxylic acids is 1. The van der Waals surface area contributed by atoms with Crippen molar-refractivity contribution in [1.82, 2.24) is 14.7 Å². The molecule has 0 saturated heterocycles. The largest absolute Gasteiger partial charge is 0.322 e. The van der Waals surface area contributed by atoms with Crippen molar-refractivity contribution in [3.63, 3.8) is 0 Å². The number of imidazole rings is 1. The van der Waals surface area contributed by atoms with Crippen LogP contribution < -0.4 is 10.6 Å². The first-order valence-corrected chi connectivity index (χ1v) is 9.28. The summed E-state index contributed by atoms with van der Waals surface area (Å²) in [4.78, 5) is 16.8. The summed E-state index contributed by atoms with van der Waals surface area (Å²) in [5.74, 6) is -0.105. The molecule has 0 radical (unpaired) electrons. The molecule has 2 N–H and O–H groups in total. The van der Waals surface area contributed by atoms with Crippen LogP contribution >= 0.6 is 0 Å². The average molecular weight is 370 g/mol. The van der Waals surface area contributed by atoms with Crippen LogP contribution in [-0.4, -0.2) is 15.3 Å². The van der Waals surface area contributed by atoms with Crippen molar-refractivity contribution in [3.05, 3.63) is 102 Å². The predicted molar refractivity (Wildman–Crippen MR) is 111 cm³/mol. The van der Waals surface area contributed by atoms with Crippen molar-refractivity contribution in [2.24, 2.45) is 0 Å². The Balaban J connectivity index is 1.38. The zero-order chi connectivity index (χ0) is 19.3. The van der Waals surface area contributed by atoms with E-state index in [1.54, 1.807) is 12.1 Å². The fourth-order valence-electron chi connectivity index (χ4n) is 3.22. The quantitative estimate of drug-likeness (QED) is 0.535. The molecule has 0 fully saturated rings. The molecule has 2 aromatic carbocycles. The van der Waals surface area contributed by atoms with E-state index in [2.05, 4.69) is 33.0 Å². The molecule has 0 aliphatic heterocycles.